The molecule has 0 bridgehead atoms. The third-order valence-corrected chi connectivity index (χ3v) is 6.02. The van der Waals surface area contributed by atoms with Gasteiger partial charge in [-0.2, -0.15) is 5.10 Å². The molecule has 1 aromatic heterocycles. The van der Waals surface area contributed by atoms with E-state index in [1.807, 2.05) is 38.3 Å². The number of non-ortho nitro benzene ring substituents is 1. The summed E-state index contributed by atoms with van der Waals surface area (Å²) in [4.78, 5) is 39.4. The van der Waals surface area contributed by atoms with E-state index in [4.69, 9.17) is 4.74 Å². The van der Waals surface area contributed by atoms with Crippen molar-refractivity contribution in [2.24, 2.45) is 5.10 Å². The molecule has 2 heterocycles. The van der Waals surface area contributed by atoms with E-state index in [0.717, 1.165) is 10.6 Å². The number of nitrogens with zero attached hydrogens (tertiary/aromatic N) is 4. The van der Waals surface area contributed by atoms with Gasteiger partial charge < -0.3 is 15.0 Å². The minimum absolute atomic E-state index is 0.0549. The van der Waals surface area contributed by atoms with Crippen molar-refractivity contribution in [1.29, 1.82) is 0 Å². The summed E-state index contributed by atoms with van der Waals surface area (Å²) in [5.41, 5.74) is 0.804. The summed E-state index contributed by atoms with van der Waals surface area (Å²) in [5, 5.41) is 22.0. The lowest BCUT2D eigenvalue weighted by Gasteiger charge is -2.30. The molecule has 3 rings (SSSR count). The van der Waals surface area contributed by atoms with Gasteiger partial charge in [-0.05, 0) is 37.8 Å². The molecule has 0 radical (unpaired) electrons. The number of nitro benzene ring substituents is 1. The van der Waals surface area contributed by atoms with Gasteiger partial charge in [-0.1, -0.05) is 18.2 Å². The van der Waals surface area contributed by atoms with Crippen LogP contribution in [-0.4, -0.2) is 64.8 Å². The molecule has 0 aliphatic carbocycles. The van der Waals surface area contributed by atoms with Crippen LogP contribution in [0.25, 0.3) is 0 Å². The zero-order chi connectivity index (χ0) is 24.9. The second-order valence-electron chi connectivity index (χ2n) is 8.93. The van der Waals surface area contributed by atoms with E-state index in [-0.39, 0.29) is 37.3 Å². The molecule has 182 valence electrons. The molecule has 34 heavy (non-hydrogen) atoms. The molecule has 0 saturated carbocycles. The van der Waals surface area contributed by atoms with Crippen LogP contribution in [0.15, 0.2) is 46.9 Å². The summed E-state index contributed by atoms with van der Waals surface area (Å²) in [6, 6.07) is 9.15. The first-order valence-electron chi connectivity index (χ1n) is 10.8. The first-order chi connectivity index (χ1) is 16.1. The number of carbonyl (C=O) groups excluding carboxylic acids is 2. The Morgan fingerprint density at radius 3 is 2.71 bits per heavy atom. The fraction of sp³-hybridized carbons (Fsp3) is 0.435. The summed E-state index contributed by atoms with van der Waals surface area (Å²) in [5.74, 6) is -0.386. The number of ether oxygens (including phenoxy) is 1. The van der Waals surface area contributed by atoms with Gasteiger partial charge in [0.15, 0.2) is 0 Å². The van der Waals surface area contributed by atoms with Gasteiger partial charge in [-0.15, -0.1) is 11.3 Å². The second-order valence-corrected chi connectivity index (χ2v) is 9.88. The second kappa shape index (κ2) is 10.7. The van der Waals surface area contributed by atoms with Gasteiger partial charge in [0.2, 0.25) is 0 Å². The third-order valence-electron chi connectivity index (χ3n) is 5.10. The van der Waals surface area contributed by atoms with Crippen LogP contribution in [0, 0.1) is 10.1 Å². The van der Waals surface area contributed by atoms with Gasteiger partial charge in [0.1, 0.15) is 6.54 Å². The number of hydrazone groups is 1. The number of nitro groups is 1. The van der Waals surface area contributed by atoms with E-state index in [1.54, 1.807) is 12.1 Å². The molecule has 2 aromatic rings. The van der Waals surface area contributed by atoms with Crippen molar-refractivity contribution in [3.05, 3.63) is 62.3 Å². The van der Waals surface area contributed by atoms with Crippen molar-refractivity contribution in [3.8, 4) is 0 Å². The van der Waals surface area contributed by atoms with Gasteiger partial charge in [-0.3, -0.25) is 14.9 Å². The van der Waals surface area contributed by atoms with Crippen LogP contribution in [0.2, 0.25) is 0 Å². The number of hydrogen-bond donors (Lipinski definition) is 1. The summed E-state index contributed by atoms with van der Waals surface area (Å²) in [6.45, 7) is 5.86. The Bertz CT molecular complexity index is 1060. The van der Waals surface area contributed by atoms with Crippen molar-refractivity contribution in [1.82, 2.24) is 15.2 Å². The quantitative estimate of drug-likeness (QED) is 0.449. The Morgan fingerprint density at radius 2 is 2.09 bits per heavy atom. The number of thiophene rings is 1. The Morgan fingerprint density at radius 1 is 1.32 bits per heavy atom. The highest BCUT2D eigenvalue weighted by Crippen LogP contribution is 2.35. The van der Waals surface area contributed by atoms with Crippen LogP contribution < -0.4 is 5.32 Å². The largest absolute Gasteiger partial charge is 0.383 e. The van der Waals surface area contributed by atoms with Gasteiger partial charge in [-0.25, -0.2) is 9.80 Å². The van der Waals surface area contributed by atoms with Gasteiger partial charge in [0.25, 0.3) is 11.6 Å². The van der Waals surface area contributed by atoms with Gasteiger partial charge in [0, 0.05) is 37.7 Å². The summed E-state index contributed by atoms with van der Waals surface area (Å²) in [6.07, 6.45) is 0.416. The SMILES string of the molecule is COCCN(CC(=O)N1N=C(c2cccs2)C[C@@H]1c1cccc([N+](=O)[O-])c1)C(=O)NC(C)(C)C. The van der Waals surface area contributed by atoms with Crippen LogP contribution in [0.3, 0.4) is 0 Å². The van der Waals surface area contributed by atoms with Gasteiger partial charge in [0.05, 0.1) is 28.2 Å². The van der Waals surface area contributed by atoms with E-state index < -0.39 is 16.5 Å². The number of hydrogen-bond acceptors (Lipinski definition) is 7. The maximum Gasteiger partial charge on any atom is 0.318 e. The number of methoxy groups -OCH3 is 1. The van der Waals surface area contributed by atoms with Crippen LogP contribution in [-0.2, 0) is 9.53 Å². The summed E-state index contributed by atoms with van der Waals surface area (Å²) >= 11 is 1.51. The Balaban J connectivity index is 1.89. The Hall–Kier alpha value is -3.31. The van der Waals surface area contributed by atoms with Crippen molar-refractivity contribution in [2.75, 3.05) is 26.8 Å². The summed E-state index contributed by atoms with van der Waals surface area (Å²) < 4.78 is 5.12. The molecule has 0 saturated heterocycles. The third kappa shape index (κ3) is 6.39. The number of benzene rings is 1. The zero-order valence-corrected chi connectivity index (χ0v) is 20.5. The molecule has 1 aliphatic rings. The minimum atomic E-state index is -0.514. The Labute approximate surface area is 202 Å². The number of rotatable bonds is 8. The van der Waals surface area contributed by atoms with E-state index in [9.17, 15) is 19.7 Å². The monoisotopic (exact) mass is 487 g/mol. The predicted molar refractivity (Wildman–Crippen MR) is 130 cm³/mol. The molecule has 0 unspecified atom stereocenters. The minimum Gasteiger partial charge on any atom is -0.383 e. The van der Waals surface area contributed by atoms with Crippen LogP contribution in [0.4, 0.5) is 10.5 Å². The zero-order valence-electron chi connectivity index (χ0n) is 19.7. The maximum absolute atomic E-state index is 13.4. The first-order valence-corrected chi connectivity index (χ1v) is 11.7. The standard InChI is InChI=1S/C23H29N5O5S/c1-23(2,3)24-22(30)26(10-11-33-4)15-21(29)27-19(14-18(25-27)20-9-6-12-34-20)16-7-5-8-17(13-16)28(31)32/h5-9,12-13,19H,10-11,14-15H2,1-4H3,(H,24,30)/t19-/m1/s1. The highest BCUT2D eigenvalue weighted by molar-refractivity contribution is 7.12. The maximum atomic E-state index is 13.4. The predicted octanol–water partition coefficient (Wildman–Crippen LogP) is 3.79. The van der Waals surface area contributed by atoms with Crippen LogP contribution in [0.5, 0.6) is 0 Å². The lowest BCUT2D eigenvalue weighted by atomic mass is 10.0. The average molecular weight is 488 g/mol. The molecular formula is C23H29N5O5S. The fourth-order valence-electron chi connectivity index (χ4n) is 3.53. The van der Waals surface area contributed by atoms with E-state index in [1.165, 1.54) is 40.5 Å². The number of nitrogens with one attached hydrogen (secondary N) is 1. The van der Waals surface area contributed by atoms with Crippen molar-refractivity contribution >= 4 is 34.7 Å². The highest BCUT2D eigenvalue weighted by Gasteiger charge is 2.35. The van der Waals surface area contributed by atoms with Crippen molar-refractivity contribution < 1.29 is 19.2 Å². The molecule has 0 spiro atoms. The molecule has 10 nitrogen and oxygen atoms in total. The number of carbonyl (C=O) groups is 2. The topological polar surface area (TPSA) is 117 Å². The average Bonchev–Trinajstić information content (AvgIpc) is 3.45. The van der Waals surface area contributed by atoms with Crippen molar-refractivity contribution in [2.45, 2.75) is 38.8 Å². The lowest BCUT2D eigenvalue weighted by molar-refractivity contribution is -0.385. The molecule has 1 atom stereocenters. The van der Waals surface area contributed by atoms with Crippen LogP contribution in [0.1, 0.15) is 43.7 Å². The molecule has 1 N–H and O–H groups in total. The number of amides is 3. The molecule has 11 heteroatoms. The molecule has 1 aromatic carbocycles. The number of urea groups is 1. The van der Waals surface area contributed by atoms with E-state index in [2.05, 4.69) is 10.4 Å². The van der Waals surface area contributed by atoms with Crippen LogP contribution >= 0.6 is 11.3 Å². The molecule has 1 aliphatic heterocycles. The first kappa shape index (κ1) is 25.3. The molecule has 0 fully saturated rings. The van der Waals surface area contributed by atoms with E-state index >= 15 is 0 Å². The summed E-state index contributed by atoms with van der Waals surface area (Å²) in [7, 11) is 1.53. The molecule has 3 amide bonds. The lowest BCUT2D eigenvalue weighted by Crippen LogP contribution is -2.52. The van der Waals surface area contributed by atoms with Gasteiger partial charge >= 0.3 is 6.03 Å². The smallest absolute Gasteiger partial charge is 0.318 e. The molecular weight excluding hydrogens is 458 g/mol. The normalized spacial score (nSPS) is 15.7. The van der Waals surface area contributed by atoms with Crippen molar-refractivity contribution in [3.63, 3.8) is 0 Å². The fourth-order valence-corrected chi connectivity index (χ4v) is 4.25. The van der Waals surface area contributed by atoms with E-state index in [0.29, 0.717) is 12.0 Å². The highest BCUT2D eigenvalue weighted by atomic mass is 32.1. The Kier molecular flexibility index (Phi) is 8.00.